The summed E-state index contributed by atoms with van der Waals surface area (Å²) >= 11 is 0. The van der Waals surface area contributed by atoms with Crippen LogP contribution >= 0.6 is 15.6 Å². The maximum absolute atomic E-state index is 13.1. The van der Waals surface area contributed by atoms with Crippen molar-refractivity contribution in [3.8, 4) is 0 Å². The lowest BCUT2D eigenvalue weighted by Gasteiger charge is -2.21. The minimum absolute atomic E-state index is 0.0367. The van der Waals surface area contributed by atoms with Crippen molar-refractivity contribution < 1.29 is 80.2 Å². The molecular formula is C85H146O17P2. The van der Waals surface area contributed by atoms with Crippen molar-refractivity contribution in [1.82, 2.24) is 0 Å². The molecule has 0 spiro atoms. The molecule has 0 heterocycles. The summed E-state index contributed by atoms with van der Waals surface area (Å²) in [6, 6.07) is 0. The van der Waals surface area contributed by atoms with Crippen molar-refractivity contribution >= 4 is 39.5 Å². The lowest BCUT2D eigenvalue weighted by Crippen LogP contribution is -2.30. The van der Waals surface area contributed by atoms with Gasteiger partial charge in [-0.15, -0.1) is 0 Å². The summed E-state index contributed by atoms with van der Waals surface area (Å²) in [6.07, 6.45) is 84.8. The van der Waals surface area contributed by atoms with Gasteiger partial charge in [-0.05, 0) is 103 Å². The number of hydrogen-bond donors (Lipinski definition) is 3. The Hall–Kier alpha value is -4.54. The van der Waals surface area contributed by atoms with E-state index in [2.05, 4.69) is 131 Å². The highest BCUT2D eigenvalue weighted by Gasteiger charge is 2.30. The molecule has 0 aromatic heterocycles. The fraction of sp³-hybridized carbons (Fsp3) is 0.718. The molecule has 19 heteroatoms. The average Bonchev–Trinajstić information content (AvgIpc) is 0.931. The highest BCUT2D eigenvalue weighted by Crippen LogP contribution is 2.45. The molecule has 0 fully saturated rings. The Morgan fingerprint density at radius 3 is 0.827 bits per heavy atom. The Balaban J connectivity index is 5.37. The van der Waals surface area contributed by atoms with E-state index in [-0.39, 0.29) is 25.7 Å². The molecule has 0 bridgehead atoms. The van der Waals surface area contributed by atoms with Crippen LogP contribution in [0, 0.1) is 0 Å². The fourth-order valence-electron chi connectivity index (χ4n) is 10.8. The van der Waals surface area contributed by atoms with Gasteiger partial charge in [-0.3, -0.25) is 37.3 Å². The van der Waals surface area contributed by atoms with Gasteiger partial charge in [0.05, 0.1) is 26.4 Å². The van der Waals surface area contributed by atoms with E-state index in [1.807, 2.05) is 18.2 Å². The van der Waals surface area contributed by atoms with E-state index in [0.717, 1.165) is 148 Å². The molecule has 17 nitrogen and oxygen atoms in total. The van der Waals surface area contributed by atoms with Gasteiger partial charge in [-0.2, -0.15) is 0 Å². The van der Waals surface area contributed by atoms with Crippen molar-refractivity contribution in [2.45, 2.75) is 354 Å². The number of unbranched alkanes of at least 4 members (excludes halogenated alkanes) is 30. The Kier molecular flexibility index (Phi) is 73.3. The minimum atomic E-state index is -4.99. The molecule has 0 aliphatic rings. The quantitative estimate of drug-likeness (QED) is 0.0169. The van der Waals surface area contributed by atoms with Gasteiger partial charge in [0.2, 0.25) is 0 Å². The summed E-state index contributed by atoms with van der Waals surface area (Å²) in [5, 5.41) is 10.6. The molecule has 0 saturated carbocycles. The summed E-state index contributed by atoms with van der Waals surface area (Å²) < 4.78 is 68.6. The first-order valence-electron chi connectivity index (χ1n) is 40.8. The molecule has 5 unspecified atom stereocenters. The van der Waals surface area contributed by atoms with Crippen LogP contribution < -0.4 is 0 Å². The zero-order valence-electron chi connectivity index (χ0n) is 65.4. The molecule has 3 N–H and O–H groups in total. The smallest absolute Gasteiger partial charge is 0.462 e. The number of carbonyl (C=O) groups is 4. The molecule has 0 rings (SSSR count). The maximum Gasteiger partial charge on any atom is 0.472 e. The number of aliphatic hydroxyl groups excluding tert-OH is 1. The Bertz CT molecular complexity index is 2440. The molecule has 5 atom stereocenters. The first kappa shape index (κ1) is 99.5. The number of hydrogen-bond acceptors (Lipinski definition) is 15. The van der Waals surface area contributed by atoms with Gasteiger partial charge in [-0.25, -0.2) is 9.13 Å². The van der Waals surface area contributed by atoms with Crippen LogP contribution in [-0.4, -0.2) is 96.7 Å². The van der Waals surface area contributed by atoms with Crippen LogP contribution in [0.25, 0.3) is 0 Å². The minimum Gasteiger partial charge on any atom is -0.462 e. The van der Waals surface area contributed by atoms with Crippen molar-refractivity contribution in [1.29, 1.82) is 0 Å². The van der Waals surface area contributed by atoms with E-state index in [1.165, 1.54) is 103 Å². The monoisotopic (exact) mass is 1500 g/mol. The van der Waals surface area contributed by atoms with Crippen molar-refractivity contribution in [3.05, 3.63) is 122 Å². The number of phosphoric ester groups is 2. The molecule has 0 aromatic rings. The van der Waals surface area contributed by atoms with Crippen LogP contribution in [0.3, 0.4) is 0 Å². The van der Waals surface area contributed by atoms with Crippen molar-refractivity contribution in [3.63, 3.8) is 0 Å². The van der Waals surface area contributed by atoms with Crippen LogP contribution in [0.15, 0.2) is 122 Å². The van der Waals surface area contributed by atoms with Crippen molar-refractivity contribution in [2.24, 2.45) is 0 Å². The predicted molar refractivity (Wildman–Crippen MR) is 427 cm³/mol. The van der Waals surface area contributed by atoms with Gasteiger partial charge >= 0.3 is 39.5 Å². The summed E-state index contributed by atoms with van der Waals surface area (Å²) in [5.41, 5.74) is 0. The SMILES string of the molecule is CC/C=C\C/C=C\C/C=C\C/C=C\C/C=C\C/C=C\CCC(=O)OCC(COP(=O)(O)OCC(O)COP(=O)(O)OCC(COC(=O)CCCCCCCC/C=C\C/C=C\C/C=C\C/C=C\CC)OC(=O)CCCCCCCCCCCCCCCCC)OC(=O)CCCCCCCCCCCCC. The molecule has 104 heavy (non-hydrogen) atoms. The topological polar surface area (TPSA) is 237 Å². The zero-order chi connectivity index (χ0) is 76.0. The normalized spacial score (nSPS) is 14.5. The molecule has 0 aromatic carbocycles. The first-order chi connectivity index (χ1) is 50.7. The number of rotatable bonds is 76. The Labute approximate surface area is 632 Å². The number of allylic oxidation sites excluding steroid dienone is 20. The van der Waals surface area contributed by atoms with Gasteiger partial charge in [0.1, 0.15) is 19.3 Å². The lowest BCUT2D eigenvalue weighted by molar-refractivity contribution is -0.161. The summed E-state index contributed by atoms with van der Waals surface area (Å²) in [6.45, 7) is 4.58. The highest BCUT2D eigenvalue weighted by atomic mass is 31.2. The number of carbonyl (C=O) groups excluding carboxylic acids is 4. The maximum atomic E-state index is 13.1. The van der Waals surface area contributed by atoms with Crippen LogP contribution in [0.4, 0.5) is 0 Å². The first-order valence-corrected chi connectivity index (χ1v) is 43.8. The summed E-state index contributed by atoms with van der Waals surface area (Å²) in [7, 11) is -9.97. The zero-order valence-corrected chi connectivity index (χ0v) is 67.2. The second-order valence-electron chi connectivity index (χ2n) is 27.0. The Morgan fingerprint density at radius 1 is 0.279 bits per heavy atom. The third-order valence-corrected chi connectivity index (χ3v) is 18.9. The van der Waals surface area contributed by atoms with Crippen LogP contribution in [0.1, 0.15) is 336 Å². The van der Waals surface area contributed by atoms with E-state index in [9.17, 15) is 43.2 Å². The molecular weight excluding hydrogens is 1350 g/mol. The third kappa shape index (κ3) is 75.7. The molecule has 0 radical (unpaired) electrons. The van der Waals surface area contributed by atoms with Gasteiger partial charge in [-0.1, -0.05) is 329 Å². The van der Waals surface area contributed by atoms with Crippen LogP contribution in [0.2, 0.25) is 0 Å². The van der Waals surface area contributed by atoms with E-state index in [4.69, 9.17) is 37.0 Å². The molecule has 0 amide bonds. The van der Waals surface area contributed by atoms with E-state index >= 15 is 0 Å². The summed E-state index contributed by atoms with van der Waals surface area (Å²) in [5.74, 6) is -2.27. The third-order valence-electron chi connectivity index (χ3n) is 17.0. The molecule has 0 aliphatic carbocycles. The number of esters is 4. The molecule has 0 saturated heterocycles. The average molecular weight is 1500 g/mol. The number of ether oxygens (including phenoxy) is 4. The highest BCUT2D eigenvalue weighted by molar-refractivity contribution is 7.47. The second kappa shape index (κ2) is 76.6. The van der Waals surface area contributed by atoms with E-state index in [1.54, 1.807) is 0 Å². The van der Waals surface area contributed by atoms with Gasteiger partial charge < -0.3 is 33.8 Å². The van der Waals surface area contributed by atoms with E-state index in [0.29, 0.717) is 32.1 Å². The van der Waals surface area contributed by atoms with Crippen LogP contribution in [0.5, 0.6) is 0 Å². The number of aliphatic hydroxyl groups is 1. The van der Waals surface area contributed by atoms with Crippen molar-refractivity contribution in [2.75, 3.05) is 39.6 Å². The Morgan fingerprint density at radius 2 is 0.519 bits per heavy atom. The van der Waals surface area contributed by atoms with E-state index < -0.39 is 97.5 Å². The summed E-state index contributed by atoms with van der Waals surface area (Å²) in [4.78, 5) is 73.0. The fourth-order valence-corrected chi connectivity index (χ4v) is 12.4. The predicted octanol–water partition coefficient (Wildman–Crippen LogP) is 23.9. The lowest BCUT2D eigenvalue weighted by atomic mass is 10.0. The van der Waals surface area contributed by atoms with Gasteiger partial charge in [0.25, 0.3) is 0 Å². The second-order valence-corrected chi connectivity index (χ2v) is 29.9. The standard InChI is InChI=1S/C85H146O17P2/c1-5-9-13-17-21-25-29-32-35-37-39-41-44-46-50-53-57-61-65-69-82(87)95-75-80(101-84(89)71-67-63-59-55-49-28-24-20-16-12-8-4)77-99-103(91,92)97-73-79(86)74-98-104(93,94)100-78-81(102-85(90)72-68-64-60-56-52-48-43-34-31-27-23-19-15-11-7-3)76-96-83(88)70-66-62-58-54-51-47-45-42-40-38-36-33-30-26-22-18-14-10-6-2/h9-10,13-14,21-22,25-26,32-33,35-36,39-42,46,50,57,61,79-81,86H,5-8,11-12,15-20,23-24,27-31,34,37-38,43-45,47-49,51-56,58-60,62-78H2,1-4H3,(H,91,92)(H,93,94)/b13-9-,14-10-,25-21-,26-22-,35-32-,36-33-,41-39-,42-40-,50-46-,61-57-. The number of phosphoric acid groups is 2. The molecule has 0 aliphatic heterocycles. The largest absolute Gasteiger partial charge is 0.472 e. The molecule has 598 valence electrons. The van der Waals surface area contributed by atoms with Gasteiger partial charge in [0.15, 0.2) is 12.2 Å². The van der Waals surface area contributed by atoms with Gasteiger partial charge in [0, 0.05) is 25.7 Å². The van der Waals surface area contributed by atoms with Crippen LogP contribution in [-0.2, 0) is 65.4 Å².